The van der Waals surface area contributed by atoms with Crippen molar-refractivity contribution in [3.05, 3.63) is 0 Å². The van der Waals surface area contributed by atoms with Crippen LogP contribution >= 0.6 is 0 Å². The fourth-order valence-electron chi connectivity index (χ4n) is 1.72. The summed E-state index contributed by atoms with van der Waals surface area (Å²) in [5.41, 5.74) is -0.924. The Hall–Kier alpha value is -0.110. The molecule has 2 heteroatoms. The zero-order chi connectivity index (χ0) is 8.48. The van der Waals surface area contributed by atoms with Gasteiger partial charge in [-0.25, -0.2) is 4.39 Å². The molecule has 0 unspecified atom stereocenters. The van der Waals surface area contributed by atoms with Crippen LogP contribution in [0.5, 0.6) is 0 Å². The minimum atomic E-state index is -0.924. The topological polar surface area (TPSA) is 3.24 Å². The molecular formula is C9H18FN. The average Bonchev–Trinajstić information content (AvgIpc) is 1.86. The van der Waals surface area contributed by atoms with Gasteiger partial charge in [-0.15, -0.1) is 0 Å². The summed E-state index contributed by atoms with van der Waals surface area (Å²) in [5.74, 6) is 0.158. The van der Waals surface area contributed by atoms with E-state index in [1.807, 2.05) is 20.9 Å². The van der Waals surface area contributed by atoms with Crippen LogP contribution < -0.4 is 0 Å². The van der Waals surface area contributed by atoms with E-state index in [0.717, 1.165) is 19.4 Å². The number of hydrogen-bond donors (Lipinski definition) is 0. The first-order valence-electron chi connectivity index (χ1n) is 4.42. The normalized spacial score (nSPS) is 34.6. The van der Waals surface area contributed by atoms with Crippen LogP contribution in [0.15, 0.2) is 0 Å². The first-order valence-corrected chi connectivity index (χ1v) is 4.42. The van der Waals surface area contributed by atoms with Gasteiger partial charge in [-0.2, -0.15) is 0 Å². The fourth-order valence-corrected chi connectivity index (χ4v) is 1.72. The van der Waals surface area contributed by atoms with Crippen molar-refractivity contribution in [3.8, 4) is 0 Å². The molecule has 1 nitrogen and oxygen atoms in total. The van der Waals surface area contributed by atoms with Gasteiger partial charge in [0.2, 0.25) is 0 Å². The van der Waals surface area contributed by atoms with Crippen molar-refractivity contribution in [2.45, 2.75) is 32.4 Å². The number of piperidine rings is 1. The molecule has 0 aromatic rings. The minimum Gasteiger partial charge on any atom is -0.303 e. The van der Waals surface area contributed by atoms with E-state index in [9.17, 15) is 4.39 Å². The van der Waals surface area contributed by atoms with Gasteiger partial charge in [-0.05, 0) is 32.4 Å². The molecule has 1 rings (SSSR count). The van der Waals surface area contributed by atoms with Crippen LogP contribution in [0.2, 0.25) is 0 Å². The van der Waals surface area contributed by atoms with Crippen LogP contribution in [-0.4, -0.2) is 30.7 Å². The Bertz CT molecular complexity index is 136. The van der Waals surface area contributed by atoms with Crippen molar-refractivity contribution in [3.63, 3.8) is 0 Å². The third kappa shape index (κ3) is 1.92. The lowest BCUT2D eigenvalue weighted by molar-refractivity contribution is 0.0186. The zero-order valence-corrected chi connectivity index (χ0v) is 7.73. The highest BCUT2D eigenvalue weighted by molar-refractivity contribution is 4.88. The van der Waals surface area contributed by atoms with Gasteiger partial charge in [0.1, 0.15) is 5.67 Å². The van der Waals surface area contributed by atoms with Crippen LogP contribution in [0.4, 0.5) is 4.39 Å². The summed E-state index contributed by atoms with van der Waals surface area (Å²) >= 11 is 0. The number of rotatable bonds is 1. The second kappa shape index (κ2) is 3.10. The largest absolute Gasteiger partial charge is 0.303 e. The van der Waals surface area contributed by atoms with E-state index in [1.165, 1.54) is 0 Å². The molecule has 0 bridgehead atoms. The highest BCUT2D eigenvalue weighted by Gasteiger charge is 2.36. The zero-order valence-electron chi connectivity index (χ0n) is 7.73. The summed E-state index contributed by atoms with van der Waals surface area (Å²) in [4.78, 5) is 2.09. The molecule has 0 N–H and O–H groups in total. The monoisotopic (exact) mass is 159 g/mol. The van der Waals surface area contributed by atoms with E-state index in [2.05, 4.69) is 4.90 Å². The van der Waals surface area contributed by atoms with Crippen LogP contribution in [0.3, 0.4) is 0 Å². The predicted molar refractivity (Wildman–Crippen MR) is 45.4 cm³/mol. The standard InChI is InChI=1S/C9H18FN/c1-8(2)9(10)5-4-6-11(3)7-9/h8H,4-7H2,1-3H3/t9-/m0/s1. The Morgan fingerprint density at radius 3 is 2.45 bits per heavy atom. The molecule has 0 saturated carbocycles. The fraction of sp³-hybridized carbons (Fsp3) is 1.00. The summed E-state index contributed by atoms with van der Waals surface area (Å²) in [6.07, 6.45) is 1.75. The van der Waals surface area contributed by atoms with Crippen LogP contribution in [-0.2, 0) is 0 Å². The summed E-state index contributed by atoms with van der Waals surface area (Å²) in [6.45, 7) is 5.61. The maximum atomic E-state index is 13.9. The van der Waals surface area contributed by atoms with Gasteiger partial charge in [0.25, 0.3) is 0 Å². The number of likely N-dealkylation sites (tertiary alicyclic amines) is 1. The summed E-state index contributed by atoms with van der Waals surface area (Å²) in [7, 11) is 2.00. The Kier molecular flexibility index (Phi) is 2.53. The quantitative estimate of drug-likeness (QED) is 0.566. The molecule has 0 amide bonds. The van der Waals surface area contributed by atoms with Gasteiger partial charge in [0.05, 0.1) is 0 Å². The van der Waals surface area contributed by atoms with Crippen molar-refractivity contribution in [2.75, 3.05) is 20.1 Å². The number of nitrogens with zero attached hydrogens (tertiary/aromatic N) is 1. The molecule has 1 aliphatic heterocycles. The van der Waals surface area contributed by atoms with Gasteiger partial charge >= 0.3 is 0 Å². The van der Waals surface area contributed by atoms with Crippen molar-refractivity contribution < 1.29 is 4.39 Å². The first kappa shape index (κ1) is 8.98. The third-order valence-electron chi connectivity index (χ3n) is 2.70. The Morgan fingerprint density at radius 1 is 1.45 bits per heavy atom. The van der Waals surface area contributed by atoms with Crippen LogP contribution in [0.25, 0.3) is 0 Å². The molecule has 1 atom stereocenters. The highest BCUT2D eigenvalue weighted by atomic mass is 19.1. The predicted octanol–water partition coefficient (Wildman–Crippen LogP) is 2.08. The second-order valence-electron chi connectivity index (χ2n) is 4.03. The number of halogens is 1. The molecule has 0 aromatic heterocycles. The molecule has 1 fully saturated rings. The first-order chi connectivity index (χ1) is 5.04. The van der Waals surface area contributed by atoms with E-state index in [0.29, 0.717) is 6.54 Å². The van der Waals surface area contributed by atoms with Gasteiger partial charge in [-0.3, -0.25) is 0 Å². The number of hydrogen-bond acceptors (Lipinski definition) is 1. The van der Waals surface area contributed by atoms with Crippen LogP contribution in [0, 0.1) is 5.92 Å². The van der Waals surface area contributed by atoms with Gasteiger partial charge < -0.3 is 4.90 Å². The van der Waals surface area contributed by atoms with E-state index < -0.39 is 5.67 Å². The summed E-state index contributed by atoms with van der Waals surface area (Å²) < 4.78 is 13.9. The lowest BCUT2D eigenvalue weighted by atomic mass is 9.85. The van der Waals surface area contributed by atoms with Crippen LogP contribution in [0.1, 0.15) is 26.7 Å². The summed E-state index contributed by atoms with van der Waals surface area (Å²) in [6, 6.07) is 0. The third-order valence-corrected chi connectivity index (χ3v) is 2.70. The Labute approximate surface area is 68.6 Å². The molecule has 66 valence electrons. The molecule has 0 spiro atoms. The minimum absolute atomic E-state index is 0.158. The maximum Gasteiger partial charge on any atom is 0.126 e. The SMILES string of the molecule is CC(C)[C@]1(F)CCCN(C)C1. The number of alkyl halides is 1. The van der Waals surface area contributed by atoms with E-state index in [-0.39, 0.29) is 5.92 Å². The van der Waals surface area contributed by atoms with E-state index >= 15 is 0 Å². The molecule has 0 radical (unpaired) electrons. The molecule has 1 saturated heterocycles. The molecule has 11 heavy (non-hydrogen) atoms. The second-order valence-corrected chi connectivity index (χ2v) is 4.03. The van der Waals surface area contributed by atoms with E-state index in [1.54, 1.807) is 0 Å². The molecule has 0 aromatic carbocycles. The Morgan fingerprint density at radius 2 is 2.09 bits per heavy atom. The maximum absolute atomic E-state index is 13.9. The smallest absolute Gasteiger partial charge is 0.126 e. The molecule has 1 heterocycles. The average molecular weight is 159 g/mol. The Balaban J connectivity index is 2.55. The van der Waals surface area contributed by atoms with Crippen molar-refractivity contribution in [1.29, 1.82) is 0 Å². The summed E-state index contributed by atoms with van der Waals surface area (Å²) in [5, 5.41) is 0. The molecular weight excluding hydrogens is 141 g/mol. The van der Waals surface area contributed by atoms with Crippen molar-refractivity contribution in [2.24, 2.45) is 5.92 Å². The van der Waals surface area contributed by atoms with Gasteiger partial charge in [0, 0.05) is 6.54 Å². The lowest BCUT2D eigenvalue weighted by Gasteiger charge is -2.38. The van der Waals surface area contributed by atoms with Gasteiger partial charge in [0.15, 0.2) is 0 Å². The van der Waals surface area contributed by atoms with E-state index in [4.69, 9.17) is 0 Å². The van der Waals surface area contributed by atoms with Crippen molar-refractivity contribution in [1.82, 2.24) is 4.90 Å². The van der Waals surface area contributed by atoms with Gasteiger partial charge in [-0.1, -0.05) is 13.8 Å². The molecule has 0 aliphatic carbocycles. The lowest BCUT2D eigenvalue weighted by Crippen LogP contribution is -2.46. The molecule has 1 aliphatic rings. The highest BCUT2D eigenvalue weighted by Crippen LogP contribution is 2.31. The van der Waals surface area contributed by atoms with Crippen molar-refractivity contribution >= 4 is 0 Å².